The Labute approximate surface area is 179 Å². The van der Waals surface area contributed by atoms with E-state index in [1.54, 1.807) is 18.2 Å². The molecule has 0 saturated carbocycles. The van der Waals surface area contributed by atoms with Crippen molar-refractivity contribution in [1.29, 1.82) is 0 Å². The minimum Gasteiger partial charge on any atom is -0.505 e. The fourth-order valence-corrected chi connectivity index (χ4v) is 3.64. The summed E-state index contributed by atoms with van der Waals surface area (Å²) in [5.41, 5.74) is 5.23. The van der Waals surface area contributed by atoms with Crippen LogP contribution in [0.2, 0.25) is 0 Å². The van der Waals surface area contributed by atoms with Crippen molar-refractivity contribution in [2.24, 2.45) is 0 Å². The molecule has 1 N–H and O–H groups in total. The van der Waals surface area contributed by atoms with Gasteiger partial charge in [-0.15, -0.1) is 15.0 Å². The highest BCUT2D eigenvalue weighted by Gasteiger charge is 2.16. The molecule has 0 aliphatic heterocycles. The molecule has 0 unspecified atom stereocenters. The Morgan fingerprint density at radius 2 is 1.58 bits per heavy atom. The van der Waals surface area contributed by atoms with E-state index in [1.807, 2.05) is 55.1 Å². The number of phenols is 1. The monoisotopic (exact) mass is 414 g/mol. The second-order valence-corrected chi connectivity index (χ2v) is 7.38. The molecule has 1 heterocycles. The van der Waals surface area contributed by atoms with Gasteiger partial charge in [0.05, 0.1) is 0 Å². The molecule has 3 aromatic carbocycles. The lowest BCUT2D eigenvalue weighted by atomic mass is 10.1. The van der Waals surface area contributed by atoms with Crippen LogP contribution in [0.3, 0.4) is 0 Å². The van der Waals surface area contributed by atoms with Crippen molar-refractivity contribution in [2.45, 2.75) is 20.4 Å². The first-order valence-corrected chi connectivity index (χ1v) is 9.97. The number of carbonyl (C=O) groups excluding carboxylic acids is 2. The number of aldehydes is 2. The van der Waals surface area contributed by atoms with Crippen molar-refractivity contribution in [3.63, 3.8) is 0 Å². The number of aryl methyl sites for hydroxylation is 1. The molecule has 4 rings (SSSR count). The number of aromatic hydroxyl groups is 1. The van der Waals surface area contributed by atoms with E-state index in [-0.39, 0.29) is 5.75 Å². The maximum atomic E-state index is 11.3. The summed E-state index contributed by atoms with van der Waals surface area (Å²) in [4.78, 5) is 26.0. The number of benzene rings is 3. The van der Waals surface area contributed by atoms with Gasteiger partial charge in [0.1, 0.15) is 35.0 Å². The Hall–Kier alpha value is -4.00. The summed E-state index contributed by atoms with van der Waals surface area (Å²) in [6.45, 7) is 4.93. The molecule has 7 nitrogen and oxygen atoms in total. The summed E-state index contributed by atoms with van der Waals surface area (Å²) in [5, 5.41) is 20.0. The van der Waals surface area contributed by atoms with Crippen LogP contribution < -0.4 is 4.90 Å². The number of phenolic OH excluding ortho intramolecular Hbond substituents is 1. The highest BCUT2D eigenvalue weighted by Crippen LogP contribution is 2.30. The second-order valence-electron chi connectivity index (χ2n) is 7.38. The summed E-state index contributed by atoms with van der Waals surface area (Å²) in [6.07, 6.45) is 1.45. The van der Waals surface area contributed by atoms with Gasteiger partial charge < -0.3 is 10.0 Å². The fraction of sp³-hybridized carbons (Fsp3) is 0.167. The number of hydrogen-bond donors (Lipinski definition) is 1. The van der Waals surface area contributed by atoms with Gasteiger partial charge in [0.15, 0.2) is 0 Å². The number of rotatable bonds is 7. The molecule has 31 heavy (non-hydrogen) atoms. The van der Waals surface area contributed by atoms with E-state index in [0.717, 1.165) is 34.9 Å². The molecule has 0 atom stereocenters. The van der Waals surface area contributed by atoms with E-state index in [4.69, 9.17) is 0 Å². The van der Waals surface area contributed by atoms with Gasteiger partial charge in [-0.2, -0.15) is 0 Å². The van der Waals surface area contributed by atoms with Crippen LogP contribution in [-0.2, 0) is 6.54 Å². The van der Waals surface area contributed by atoms with E-state index < -0.39 is 0 Å². The molecule has 0 bridgehead atoms. The molecule has 0 fully saturated rings. The second kappa shape index (κ2) is 8.39. The Bertz CT molecular complexity index is 1220. The van der Waals surface area contributed by atoms with E-state index >= 15 is 0 Å². The fourth-order valence-electron chi connectivity index (χ4n) is 3.64. The third kappa shape index (κ3) is 4.02. The smallest absolute Gasteiger partial charge is 0.150 e. The topological polar surface area (TPSA) is 88.3 Å². The molecule has 0 aliphatic rings. The number of hydrogen-bond acceptors (Lipinski definition) is 6. The van der Waals surface area contributed by atoms with Gasteiger partial charge in [-0.05, 0) is 55.8 Å². The Morgan fingerprint density at radius 3 is 2.13 bits per heavy atom. The van der Waals surface area contributed by atoms with Gasteiger partial charge in [-0.3, -0.25) is 9.59 Å². The molecule has 0 amide bonds. The lowest BCUT2D eigenvalue weighted by Gasteiger charge is -2.25. The average molecular weight is 414 g/mol. The van der Waals surface area contributed by atoms with Gasteiger partial charge in [0, 0.05) is 35.5 Å². The van der Waals surface area contributed by atoms with E-state index in [1.165, 1.54) is 4.80 Å². The normalized spacial score (nSPS) is 10.9. The zero-order valence-electron chi connectivity index (χ0n) is 17.3. The maximum Gasteiger partial charge on any atom is 0.150 e. The SMILES string of the molecule is CCN(Cc1cc(C)cc(-n2nc3ccccc3n2)c1O)c1cc(C=O)cc(C=O)c1. The molecule has 4 aromatic rings. The van der Waals surface area contributed by atoms with E-state index in [0.29, 0.717) is 35.5 Å². The summed E-state index contributed by atoms with van der Waals surface area (Å²) in [5.74, 6) is 0.0894. The Morgan fingerprint density at radius 1 is 0.968 bits per heavy atom. The van der Waals surface area contributed by atoms with Crippen LogP contribution in [0.1, 0.15) is 38.8 Å². The van der Waals surface area contributed by atoms with Crippen molar-refractivity contribution < 1.29 is 14.7 Å². The van der Waals surface area contributed by atoms with E-state index in [9.17, 15) is 14.7 Å². The average Bonchev–Trinajstić information content (AvgIpc) is 3.22. The quantitative estimate of drug-likeness (QED) is 0.458. The predicted octanol–water partition coefficient (Wildman–Crippen LogP) is 4.09. The lowest BCUT2D eigenvalue weighted by molar-refractivity contribution is 0.112. The number of fused-ring (bicyclic) bond motifs is 1. The first kappa shape index (κ1) is 20.3. The highest BCUT2D eigenvalue weighted by atomic mass is 16.3. The zero-order chi connectivity index (χ0) is 22.0. The van der Waals surface area contributed by atoms with Crippen LogP contribution in [0.5, 0.6) is 5.75 Å². The van der Waals surface area contributed by atoms with Crippen molar-refractivity contribution in [2.75, 3.05) is 11.4 Å². The number of aromatic nitrogens is 3. The van der Waals surface area contributed by atoms with Crippen molar-refractivity contribution in [3.8, 4) is 11.4 Å². The van der Waals surface area contributed by atoms with Crippen molar-refractivity contribution in [3.05, 3.63) is 76.9 Å². The standard InChI is InChI=1S/C24H22N4O3/c1-3-27(20-11-17(14-29)10-18(12-20)15-30)13-19-8-16(2)9-23(24(19)31)28-25-21-6-4-5-7-22(21)26-28/h4-12,14-15,31H,3,13H2,1-2H3. The largest absolute Gasteiger partial charge is 0.505 e. The molecular formula is C24H22N4O3. The number of nitrogens with zero attached hydrogens (tertiary/aromatic N) is 4. The molecule has 0 radical (unpaired) electrons. The summed E-state index contributed by atoms with van der Waals surface area (Å²) < 4.78 is 0. The van der Waals surface area contributed by atoms with Gasteiger partial charge >= 0.3 is 0 Å². The molecule has 0 saturated heterocycles. The van der Waals surface area contributed by atoms with Crippen molar-refractivity contribution in [1.82, 2.24) is 15.0 Å². The van der Waals surface area contributed by atoms with Crippen LogP contribution >= 0.6 is 0 Å². The zero-order valence-corrected chi connectivity index (χ0v) is 17.3. The van der Waals surface area contributed by atoms with Crippen LogP contribution in [0, 0.1) is 6.92 Å². The lowest BCUT2D eigenvalue weighted by Crippen LogP contribution is -2.22. The first-order chi connectivity index (χ1) is 15.0. The summed E-state index contributed by atoms with van der Waals surface area (Å²) >= 11 is 0. The summed E-state index contributed by atoms with van der Waals surface area (Å²) in [6, 6.07) is 16.3. The third-order valence-electron chi connectivity index (χ3n) is 5.16. The molecule has 0 spiro atoms. The van der Waals surface area contributed by atoms with Crippen LogP contribution in [0.15, 0.2) is 54.6 Å². The molecule has 1 aromatic heterocycles. The molecule has 0 aliphatic carbocycles. The van der Waals surface area contributed by atoms with Crippen molar-refractivity contribution >= 4 is 29.3 Å². The predicted molar refractivity (Wildman–Crippen MR) is 119 cm³/mol. The van der Waals surface area contributed by atoms with E-state index in [2.05, 4.69) is 10.2 Å². The van der Waals surface area contributed by atoms with Gasteiger partial charge in [-0.25, -0.2) is 0 Å². The Balaban J connectivity index is 1.74. The van der Waals surface area contributed by atoms with Gasteiger partial charge in [0.2, 0.25) is 0 Å². The summed E-state index contributed by atoms with van der Waals surface area (Å²) in [7, 11) is 0. The molecule has 7 heteroatoms. The number of anilines is 1. The maximum absolute atomic E-state index is 11.3. The van der Waals surface area contributed by atoms with Gasteiger partial charge in [0.25, 0.3) is 0 Å². The first-order valence-electron chi connectivity index (χ1n) is 9.97. The van der Waals surface area contributed by atoms with Gasteiger partial charge in [-0.1, -0.05) is 18.2 Å². The third-order valence-corrected chi connectivity index (χ3v) is 5.16. The van der Waals surface area contributed by atoms with Crippen LogP contribution in [-0.4, -0.2) is 39.2 Å². The molecule has 156 valence electrons. The van der Waals surface area contributed by atoms with Crippen LogP contribution in [0.4, 0.5) is 5.69 Å². The minimum absolute atomic E-state index is 0.0894. The highest BCUT2D eigenvalue weighted by molar-refractivity contribution is 5.85. The minimum atomic E-state index is 0.0894. The Kier molecular flexibility index (Phi) is 5.49. The molecular weight excluding hydrogens is 392 g/mol. The van der Waals surface area contributed by atoms with Crippen LogP contribution in [0.25, 0.3) is 16.7 Å². The number of carbonyl (C=O) groups is 2.